The Morgan fingerprint density at radius 1 is 1.04 bits per heavy atom. The summed E-state index contributed by atoms with van der Waals surface area (Å²) in [6.45, 7) is 3.55. The normalized spacial score (nSPS) is 34.1. The molecule has 1 aromatic carbocycles. The van der Waals surface area contributed by atoms with Crippen molar-refractivity contribution >= 4 is 17.7 Å². The predicted molar refractivity (Wildman–Crippen MR) is 114 cm³/mol. The van der Waals surface area contributed by atoms with Gasteiger partial charge >= 0.3 is 0 Å². The molecule has 4 aliphatic heterocycles. The summed E-state index contributed by atoms with van der Waals surface area (Å²) in [6.07, 6.45) is 9.46. The molecule has 0 N–H and O–H groups in total. The van der Waals surface area contributed by atoms with Crippen LogP contribution in [0.5, 0.6) is 0 Å². The SMILES string of the molecule is CN(C)c1ccc(/C=C2\CC[C@@H]3[C@H]4CCCN5CCC[C@H](CN3C2=O)[C@@H]45)cc1. The molecule has 1 amide bonds. The highest BCUT2D eigenvalue weighted by Crippen LogP contribution is 2.45. The zero-order valence-electron chi connectivity index (χ0n) is 17.3. The first-order chi connectivity index (χ1) is 13.6. The number of fused-ring (bicyclic) bond motifs is 2. The summed E-state index contributed by atoms with van der Waals surface area (Å²) in [5, 5.41) is 0. The Bertz CT molecular complexity index is 767. The molecule has 4 fully saturated rings. The van der Waals surface area contributed by atoms with Crippen molar-refractivity contribution in [3.8, 4) is 0 Å². The van der Waals surface area contributed by atoms with Crippen molar-refractivity contribution in [3.05, 3.63) is 35.4 Å². The predicted octanol–water partition coefficient (Wildman–Crippen LogP) is 3.63. The van der Waals surface area contributed by atoms with Gasteiger partial charge in [-0.3, -0.25) is 9.69 Å². The summed E-state index contributed by atoms with van der Waals surface area (Å²) >= 11 is 0. The van der Waals surface area contributed by atoms with Crippen LogP contribution in [-0.2, 0) is 4.79 Å². The van der Waals surface area contributed by atoms with Crippen molar-refractivity contribution in [1.82, 2.24) is 9.80 Å². The molecule has 4 saturated heterocycles. The van der Waals surface area contributed by atoms with Gasteiger partial charge < -0.3 is 9.80 Å². The van der Waals surface area contributed by atoms with E-state index in [-0.39, 0.29) is 0 Å². The number of carbonyl (C=O) groups is 1. The molecule has 0 unspecified atom stereocenters. The molecule has 4 nitrogen and oxygen atoms in total. The number of hydrogen-bond acceptors (Lipinski definition) is 3. The van der Waals surface area contributed by atoms with Crippen LogP contribution in [0.25, 0.3) is 6.08 Å². The van der Waals surface area contributed by atoms with Crippen LogP contribution in [-0.4, -0.2) is 61.5 Å². The van der Waals surface area contributed by atoms with Gasteiger partial charge in [-0.05, 0) is 87.2 Å². The molecule has 0 aliphatic carbocycles. The van der Waals surface area contributed by atoms with E-state index in [1.165, 1.54) is 44.5 Å². The van der Waals surface area contributed by atoms with Crippen molar-refractivity contribution in [3.63, 3.8) is 0 Å². The lowest BCUT2D eigenvalue weighted by atomic mass is 9.67. The lowest BCUT2D eigenvalue weighted by Crippen LogP contribution is -2.66. The Hall–Kier alpha value is -1.81. The molecule has 4 atom stereocenters. The number of rotatable bonds is 2. The monoisotopic (exact) mass is 379 g/mol. The van der Waals surface area contributed by atoms with Crippen LogP contribution in [0.15, 0.2) is 29.8 Å². The van der Waals surface area contributed by atoms with Gasteiger partial charge in [-0.1, -0.05) is 12.1 Å². The van der Waals surface area contributed by atoms with Crippen molar-refractivity contribution in [1.29, 1.82) is 0 Å². The fraction of sp³-hybridized carbons (Fsp3) is 0.625. The number of hydrogen-bond donors (Lipinski definition) is 0. The summed E-state index contributed by atoms with van der Waals surface area (Å²) in [4.78, 5) is 20.6. The number of anilines is 1. The number of amides is 1. The van der Waals surface area contributed by atoms with E-state index in [0.717, 1.165) is 36.6 Å². The third kappa shape index (κ3) is 3.06. The Balaban J connectivity index is 1.38. The average molecular weight is 380 g/mol. The maximum absolute atomic E-state index is 13.4. The van der Waals surface area contributed by atoms with Gasteiger partial charge in [-0.15, -0.1) is 0 Å². The van der Waals surface area contributed by atoms with Gasteiger partial charge in [-0.25, -0.2) is 0 Å². The van der Waals surface area contributed by atoms with Crippen molar-refractivity contribution in [2.75, 3.05) is 38.6 Å². The maximum atomic E-state index is 13.4. The van der Waals surface area contributed by atoms with Gasteiger partial charge in [0.2, 0.25) is 5.91 Å². The minimum Gasteiger partial charge on any atom is -0.378 e. The molecule has 4 heteroatoms. The summed E-state index contributed by atoms with van der Waals surface area (Å²) in [7, 11) is 4.11. The quantitative estimate of drug-likeness (QED) is 0.734. The molecule has 28 heavy (non-hydrogen) atoms. The molecular formula is C24H33N3O. The maximum Gasteiger partial charge on any atom is 0.250 e. The van der Waals surface area contributed by atoms with Gasteiger partial charge in [0.25, 0.3) is 0 Å². The second-order valence-corrected chi connectivity index (χ2v) is 9.45. The Kier molecular flexibility index (Phi) is 4.70. The summed E-state index contributed by atoms with van der Waals surface area (Å²) in [6, 6.07) is 9.75. The van der Waals surface area contributed by atoms with Crippen LogP contribution in [0.2, 0.25) is 0 Å². The number of piperidine rings is 4. The van der Waals surface area contributed by atoms with Crippen LogP contribution >= 0.6 is 0 Å². The van der Waals surface area contributed by atoms with E-state index in [4.69, 9.17) is 0 Å². The first-order valence-corrected chi connectivity index (χ1v) is 11.1. The average Bonchev–Trinajstić information content (AvgIpc) is 2.71. The van der Waals surface area contributed by atoms with Gasteiger partial charge in [0.1, 0.15) is 0 Å². The molecule has 150 valence electrons. The molecule has 4 aliphatic rings. The van der Waals surface area contributed by atoms with E-state index < -0.39 is 0 Å². The lowest BCUT2D eigenvalue weighted by Gasteiger charge is -2.58. The van der Waals surface area contributed by atoms with Crippen molar-refractivity contribution < 1.29 is 4.79 Å². The van der Waals surface area contributed by atoms with Gasteiger partial charge in [0, 0.05) is 44.0 Å². The molecule has 0 spiro atoms. The van der Waals surface area contributed by atoms with Gasteiger partial charge in [0.05, 0.1) is 0 Å². The van der Waals surface area contributed by atoms with E-state index in [2.05, 4.69) is 59.1 Å². The summed E-state index contributed by atoms with van der Waals surface area (Å²) < 4.78 is 0. The zero-order chi connectivity index (χ0) is 19.3. The van der Waals surface area contributed by atoms with E-state index in [0.29, 0.717) is 23.8 Å². The molecule has 0 radical (unpaired) electrons. The minimum absolute atomic E-state index is 0.314. The van der Waals surface area contributed by atoms with Gasteiger partial charge in [0.15, 0.2) is 0 Å². The minimum atomic E-state index is 0.314. The Labute approximate surface area is 169 Å². The highest BCUT2D eigenvalue weighted by Gasteiger charge is 2.51. The first-order valence-electron chi connectivity index (χ1n) is 11.1. The Morgan fingerprint density at radius 3 is 2.54 bits per heavy atom. The topological polar surface area (TPSA) is 26.8 Å². The fourth-order valence-corrected chi connectivity index (χ4v) is 6.40. The highest BCUT2D eigenvalue weighted by molar-refractivity contribution is 5.99. The van der Waals surface area contributed by atoms with E-state index in [9.17, 15) is 4.79 Å². The number of carbonyl (C=O) groups excluding carboxylic acids is 1. The van der Waals surface area contributed by atoms with Gasteiger partial charge in [-0.2, -0.15) is 0 Å². The van der Waals surface area contributed by atoms with Crippen LogP contribution in [0.1, 0.15) is 44.1 Å². The van der Waals surface area contributed by atoms with Crippen LogP contribution in [0.4, 0.5) is 5.69 Å². The van der Waals surface area contributed by atoms with Crippen molar-refractivity contribution in [2.24, 2.45) is 11.8 Å². The highest BCUT2D eigenvalue weighted by atomic mass is 16.2. The second-order valence-electron chi connectivity index (χ2n) is 9.45. The van der Waals surface area contributed by atoms with E-state index in [1.807, 2.05) is 0 Å². The van der Waals surface area contributed by atoms with E-state index in [1.54, 1.807) is 0 Å². The fourth-order valence-electron chi connectivity index (χ4n) is 6.40. The van der Waals surface area contributed by atoms with Crippen LogP contribution < -0.4 is 4.90 Å². The largest absolute Gasteiger partial charge is 0.378 e. The van der Waals surface area contributed by atoms with E-state index >= 15 is 0 Å². The van der Waals surface area contributed by atoms with Crippen molar-refractivity contribution in [2.45, 2.75) is 50.6 Å². The standard InChI is InChI=1S/C24H33N3O/c1-25(2)20-10-7-17(8-11-20)15-18-9-12-22-21-6-4-14-26-13-3-5-19(23(21)26)16-27(22)24(18)28/h7-8,10-11,15,19,21-23H,3-6,9,12-14,16H2,1-2H3/b18-15+/t19-,21-,22-,23+/m1/s1. The molecule has 4 heterocycles. The molecule has 0 saturated carbocycles. The molecule has 0 aromatic heterocycles. The Morgan fingerprint density at radius 2 is 1.79 bits per heavy atom. The summed E-state index contributed by atoms with van der Waals surface area (Å²) in [5.74, 6) is 1.71. The van der Waals surface area contributed by atoms with Crippen LogP contribution in [0, 0.1) is 11.8 Å². The zero-order valence-corrected chi connectivity index (χ0v) is 17.3. The molecule has 1 aromatic rings. The second kappa shape index (κ2) is 7.22. The summed E-state index contributed by atoms with van der Waals surface area (Å²) in [5.41, 5.74) is 3.35. The molecule has 5 rings (SSSR count). The smallest absolute Gasteiger partial charge is 0.250 e. The molecular weight excluding hydrogens is 346 g/mol. The molecule has 0 bridgehead atoms. The number of benzene rings is 1. The third-order valence-electron chi connectivity index (χ3n) is 7.67. The number of nitrogens with zero attached hydrogens (tertiary/aromatic N) is 3. The lowest BCUT2D eigenvalue weighted by molar-refractivity contribution is -0.145. The van der Waals surface area contributed by atoms with Crippen LogP contribution in [0.3, 0.4) is 0 Å². The first kappa shape index (κ1) is 18.2. The third-order valence-corrected chi connectivity index (χ3v) is 7.67.